The van der Waals surface area contributed by atoms with Gasteiger partial charge in [-0.25, -0.2) is 0 Å². The van der Waals surface area contributed by atoms with Crippen molar-refractivity contribution < 1.29 is 0 Å². The fraction of sp³-hybridized carbons (Fsp3) is 0.148. The Morgan fingerprint density at radius 3 is 2.14 bits per heavy atom. The molecule has 0 radical (unpaired) electrons. The van der Waals surface area contributed by atoms with Crippen molar-refractivity contribution in [2.24, 2.45) is 0 Å². The lowest BCUT2D eigenvalue weighted by molar-refractivity contribution is 0.660. The van der Waals surface area contributed by atoms with Gasteiger partial charge in [0.15, 0.2) is 0 Å². The highest BCUT2D eigenvalue weighted by atomic mass is 15.2. The van der Waals surface area contributed by atoms with Crippen molar-refractivity contribution in [3.63, 3.8) is 0 Å². The highest BCUT2D eigenvalue weighted by molar-refractivity contribution is 6.16. The molecular weight excluding hydrogens is 691 g/mol. The standard InChI is InChI=1S/C54H45N3/c1-34-16-6-8-18-39(34)40-20-14-26-48(36(40)3)55(47-22-10-7-17-35(47)2)37-28-30-45-43(32-37)44-33-38(29-31-46(44)54(45,4)5)56-50-24-12-13-25-51(50)57-49-23-11-9-19-41(49)42-21-15-27-52(56)53(42)57/h6-17,19-33,39H,18H2,1-5H3. The molecule has 1 unspecified atom stereocenters. The molecule has 3 heteroatoms. The minimum atomic E-state index is -0.143. The molecule has 0 saturated carbocycles. The van der Waals surface area contributed by atoms with Gasteiger partial charge in [-0.2, -0.15) is 0 Å². The Balaban J connectivity index is 1.10. The van der Waals surface area contributed by atoms with Crippen LogP contribution < -0.4 is 9.80 Å². The monoisotopic (exact) mass is 735 g/mol. The first-order valence-electron chi connectivity index (χ1n) is 20.3. The van der Waals surface area contributed by atoms with Crippen LogP contribution in [0.1, 0.15) is 60.9 Å². The van der Waals surface area contributed by atoms with Gasteiger partial charge in [-0.15, -0.1) is 0 Å². The van der Waals surface area contributed by atoms with Crippen molar-refractivity contribution in [2.75, 3.05) is 9.80 Å². The Kier molecular flexibility index (Phi) is 7.38. The van der Waals surface area contributed by atoms with Gasteiger partial charge >= 0.3 is 0 Å². The average molecular weight is 736 g/mol. The Labute approximate surface area is 335 Å². The third kappa shape index (κ3) is 4.85. The number of nitrogens with zero attached hydrogens (tertiary/aromatic N) is 3. The largest absolute Gasteiger partial charge is 0.310 e. The Hall–Kier alpha value is -6.58. The van der Waals surface area contributed by atoms with Crippen LogP contribution in [0.2, 0.25) is 0 Å². The summed E-state index contributed by atoms with van der Waals surface area (Å²) in [6.45, 7) is 11.6. The van der Waals surface area contributed by atoms with Crippen molar-refractivity contribution >= 4 is 55.9 Å². The van der Waals surface area contributed by atoms with Crippen molar-refractivity contribution in [1.82, 2.24) is 4.57 Å². The molecule has 0 fully saturated rings. The number of aryl methyl sites for hydroxylation is 1. The van der Waals surface area contributed by atoms with Crippen molar-refractivity contribution in [1.29, 1.82) is 0 Å². The Morgan fingerprint density at radius 1 is 0.614 bits per heavy atom. The van der Waals surface area contributed by atoms with Gasteiger partial charge in [0.1, 0.15) is 0 Å². The van der Waals surface area contributed by atoms with Crippen molar-refractivity contribution in [3.8, 4) is 16.8 Å². The molecule has 3 nitrogen and oxygen atoms in total. The van der Waals surface area contributed by atoms with Gasteiger partial charge in [0.2, 0.25) is 0 Å². The molecule has 7 aromatic carbocycles. The summed E-state index contributed by atoms with van der Waals surface area (Å²) >= 11 is 0. The Morgan fingerprint density at radius 2 is 1.30 bits per heavy atom. The summed E-state index contributed by atoms with van der Waals surface area (Å²) < 4.78 is 2.46. The van der Waals surface area contributed by atoms with Crippen LogP contribution in [0, 0.1) is 13.8 Å². The zero-order valence-corrected chi connectivity index (χ0v) is 33.2. The van der Waals surface area contributed by atoms with E-state index in [1.165, 1.54) is 106 Å². The average Bonchev–Trinajstić information content (AvgIpc) is 3.69. The van der Waals surface area contributed by atoms with Crippen molar-refractivity contribution in [2.45, 2.75) is 52.4 Å². The first kappa shape index (κ1) is 33.7. The molecule has 2 aliphatic carbocycles. The maximum Gasteiger partial charge on any atom is 0.0783 e. The zero-order chi connectivity index (χ0) is 38.6. The molecule has 0 bridgehead atoms. The predicted molar refractivity (Wildman–Crippen MR) is 241 cm³/mol. The second-order valence-corrected chi connectivity index (χ2v) is 16.7. The number of aromatic nitrogens is 1. The van der Waals surface area contributed by atoms with E-state index >= 15 is 0 Å². The van der Waals surface area contributed by atoms with E-state index in [1.54, 1.807) is 0 Å². The normalized spacial score (nSPS) is 16.1. The highest BCUT2D eigenvalue weighted by Gasteiger charge is 2.37. The molecule has 0 amide bonds. The second kappa shape index (κ2) is 12.5. The predicted octanol–water partition coefficient (Wildman–Crippen LogP) is 14.9. The SMILES string of the molecule is CC1=CC=CCC1c1cccc(N(c2ccc3c(c2)-c2cc(N4c5ccccc5-n5c6ccccc6c6cccc4c65)ccc2C3(C)C)c2ccccc2C)c1C. The molecule has 0 spiro atoms. The summed E-state index contributed by atoms with van der Waals surface area (Å²) in [5.74, 6) is 0.381. The fourth-order valence-electron chi connectivity index (χ4n) is 10.3. The molecule has 276 valence electrons. The molecule has 3 aliphatic rings. The van der Waals surface area contributed by atoms with Gasteiger partial charge in [0.25, 0.3) is 0 Å². The number of anilines is 6. The van der Waals surface area contributed by atoms with Crippen LogP contribution in [0.3, 0.4) is 0 Å². The maximum absolute atomic E-state index is 2.50. The van der Waals surface area contributed by atoms with Gasteiger partial charge in [-0.1, -0.05) is 123 Å². The molecular formula is C54H45N3. The molecule has 0 saturated heterocycles. The summed E-state index contributed by atoms with van der Waals surface area (Å²) in [4.78, 5) is 4.98. The topological polar surface area (TPSA) is 11.4 Å². The van der Waals surface area contributed by atoms with E-state index in [0.717, 1.165) is 6.42 Å². The number of allylic oxidation sites excluding steroid dienone is 4. The summed E-state index contributed by atoms with van der Waals surface area (Å²) in [5, 5.41) is 2.56. The van der Waals surface area contributed by atoms with Gasteiger partial charge in [0.05, 0.1) is 28.1 Å². The van der Waals surface area contributed by atoms with E-state index in [9.17, 15) is 0 Å². The number of para-hydroxylation sites is 5. The molecule has 11 rings (SSSR count). The van der Waals surface area contributed by atoms with Crippen LogP contribution in [0.5, 0.6) is 0 Å². The van der Waals surface area contributed by atoms with Crippen LogP contribution in [-0.2, 0) is 5.41 Å². The molecule has 57 heavy (non-hydrogen) atoms. The van der Waals surface area contributed by atoms with Crippen molar-refractivity contribution in [3.05, 3.63) is 197 Å². The van der Waals surface area contributed by atoms with E-state index in [4.69, 9.17) is 0 Å². The summed E-state index contributed by atoms with van der Waals surface area (Å²) in [6, 6.07) is 54.5. The summed E-state index contributed by atoms with van der Waals surface area (Å²) in [7, 11) is 0. The Bertz CT molecular complexity index is 3030. The van der Waals surface area contributed by atoms with Gasteiger partial charge in [-0.05, 0) is 127 Å². The number of hydrogen-bond donors (Lipinski definition) is 0. The molecule has 1 aliphatic heterocycles. The molecule has 0 N–H and O–H groups in total. The van der Waals surface area contributed by atoms with Gasteiger partial charge in [0, 0.05) is 44.9 Å². The van der Waals surface area contributed by atoms with E-state index in [2.05, 4.69) is 213 Å². The summed E-state index contributed by atoms with van der Waals surface area (Å²) in [5.41, 5.74) is 21.4. The first-order valence-corrected chi connectivity index (χ1v) is 20.3. The highest BCUT2D eigenvalue weighted by Crippen LogP contribution is 2.55. The van der Waals surface area contributed by atoms with Crippen LogP contribution in [0.15, 0.2) is 169 Å². The van der Waals surface area contributed by atoms with E-state index < -0.39 is 0 Å². The lowest BCUT2D eigenvalue weighted by atomic mass is 9.82. The minimum Gasteiger partial charge on any atom is -0.310 e. The van der Waals surface area contributed by atoms with E-state index in [0.29, 0.717) is 5.92 Å². The third-order valence-electron chi connectivity index (χ3n) is 13.2. The second-order valence-electron chi connectivity index (χ2n) is 16.7. The first-order chi connectivity index (χ1) is 27.8. The number of benzene rings is 7. The molecule has 1 atom stereocenters. The maximum atomic E-state index is 2.50. The van der Waals surface area contributed by atoms with Crippen LogP contribution >= 0.6 is 0 Å². The summed E-state index contributed by atoms with van der Waals surface area (Å²) in [6.07, 6.45) is 7.81. The zero-order valence-electron chi connectivity index (χ0n) is 33.2. The van der Waals surface area contributed by atoms with Crippen LogP contribution in [0.4, 0.5) is 34.1 Å². The lowest BCUT2D eigenvalue weighted by Crippen LogP contribution is -2.18. The van der Waals surface area contributed by atoms with Crippen LogP contribution in [-0.4, -0.2) is 4.57 Å². The van der Waals surface area contributed by atoms with Gasteiger partial charge in [-0.3, -0.25) is 0 Å². The molecule has 2 heterocycles. The van der Waals surface area contributed by atoms with Gasteiger partial charge < -0.3 is 14.4 Å². The lowest BCUT2D eigenvalue weighted by Gasteiger charge is -2.33. The number of hydrogen-bond acceptors (Lipinski definition) is 2. The third-order valence-corrected chi connectivity index (χ3v) is 13.2. The quantitative estimate of drug-likeness (QED) is 0.174. The molecule has 1 aromatic heterocycles. The van der Waals surface area contributed by atoms with E-state index in [-0.39, 0.29) is 5.41 Å². The minimum absolute atomic E-state index is 0.143. The molecule has 8 aromatic rings. The van der Waals surface area contributed by atoms with Crippen LogP contribution in [0.25, 0.3) is 38.6 Å². The van der Waals surface area contributed by atoms with E-state index in [1.807, 2.05) is 0 Å². The number of rotatable bonds is 5. The number of fused-ring (bicyclic) bond motifs is 8. The smallest absolute Gasteiger partial charge is 0.0783 e. The fourth-order valence-corrected chi connectivity index (χ4v) is 10.3.